The minimum absolute atomic E-state index is 0.0392. The second-order valence-corrected chi connectivity index (χ2v) is 8.85. The van der Waals surface area contributed by atoms with E-state index in [4.69, 9.17) is 37.0 Å². The van der Waals surface area contributed by atoms with Gasteiger partial charge in [0.1, 0.15) is 17.4 Å². The number of hydrogen-bond acceptors (Lipinski definition) is 5. The Hall–Kier alpha value is -1.93. The fraction of sp³-hybridized carbons (Fsp3) is 0.278. The summed E-state index contributed by atoms with van der Waals surface area (Å²) in [6, 6.07) is 5.41. The highest BCUT2D eigenvalue weighted by Gasteiger charge is 2.31. The Labute approximate surface area is 180 Å². The number of benzene rings is 2. The first-order chi connectivity index (χ1) is 13.9. The third kappa shape index (κ3) is 6.28. The molecule has 0 aromatic heterocycles. The Morgan fingerprint density at radius 2 is 1.83 bits per heavy atom. The maximum Gasteiger partial charge on any atom is 0.416 e. The van der Waals surface area contributed by atoms with Gasteiger partial charge in [0.05, 0.1) is 16.3 Å². The standard InChI is InChI=1S/C18H17Cl2F3NO5P/c1-10-6-13(24-17(25)9-19)16(29-30(3,26)27-2)8-15(10)28-14-5-4-11(7-12(14)20)18(21,22)23/h4-8H,9H2,1-3H3,(H,24,25). The van der Waals surface area contributed by atoms with Crippen LogP contribution in [0.5, 0.6) is 17.2 Å². The summed E-state index contributed by atoms with van der Waals surface area (Å²) in [5.74, 6) is -0.811. The summed E-state index contributed by atoms with van der Waals surface area (Å²) in [6.45, 7) is 2.84. The molecule has 0 aliphatic rings. The monoisotopic (exact) mass is 485 g/mol. The molecule has 6 nitrogen and oxygen atoms in total. The van der Waals surface area contributed by atoms with E-state index in [2.05, 4.69) is 5.32 Å². The highest BCUT2D eigenvalue weighted by Crippen LogP contribution is 2.48. The highest BCUT2D eigenvalue weighted by molar-refractivity contribution is 7.53. The lowest BCUT2D eigenvalue weighted by atomic mass is 10.1. The largest absolute Gasteiger partial charge is 0.455 e. The number of ether oxygens (including phenoxy) is 1. The van der Waals surface area contributed by atoms with Crippen molar-refractivity contribution in [3.63, 3.8) is 0 Å². The molecule has 2 aromatic rings. The molecule has 0 bridgehead atoms. The lowest BCUT2D eigenvalue weighted by Crippen LogP contribution is -2.13. The van der Waals surface area contributed by atoms with Gasteiger partial charge in [-0.05, 0) is 36.8 Å². The number of alkyl halides is 4. The van der Waals surface area contributed by atoms with Crippen molar-refractivity contribution < 1.29 is 36.3 Å². The summed E-state index contributed by atoms with van der Waals surface area (Å²) in [4.78, 5) is 11.7. The van der Waals surface area contributed by atoms with Crippen LogP contribution in [0.2, 0.25) is 5.02 Å². The minimum Gasteiger partial charge on any atom is -0.455 e. The number of hydrogen-bond donors (Lipinski definition) is 1. The molecule has 1 unspecified atom stereocenters. The molecule has 12 heteroatoms. The van der Waals surface area contributed by atoms with E-state index in [1.807, 2.05) is 0 Å². The van der Waals surface area contributed by atoms with Crippen molar-refractivity contribution in [1.82, 2.24) is 0 Å². The zero-order chi connectivity index (χ0) is 22.7. The summed E-state index contributed by atoms with van der Waals surface area (Å²) in [6.07, 6.45) is -4.55. The summed E-state index contributed by atoms with van der Waals surface area (Å²) >= 11 is 11.4. The molecule has 1 atom stereocenters. The minimum atomic E-state index is -4.55. The van der Waals surface area contributed by atoms with Crippen molar-refractivity contribution in [2.75, 3.05) is 25.0 Å². The number of carbonyl (C=O) groups is 1. The van der Waals surface area contributed by atoms with Gasteiger partial charge in [-0.1, -0.05) is 11.6 Å². The van der Waals surface area contributed by atoms with E-state index in [9.17, 15) is 22.5 Å². The molecule has 0 aliphatic heterocycles. The SMILES string of the molecule is COP(C)(=O)Oc1cc(Oc2ccc(C(F)(F)F)cc2Cl)c(C)cc1NC(=O)CCl. The summed E-state index contributed by atoms with van der Waals surface area (Å²) < 4.78 is 66.5. The van der Waals surface area contributed by atoms with Gasteiger partial charge in [-0.3, -0.25) is 4.79 Å². The van der Waals surface area contributed by atoms with Crippen LogP contribution in [0.1, 0.15) is 11.1 Å². The summed E-state index contributed by atoms with van der Waals surface area (Å²) in [7, 11) is -2.33. The molecule has 164 valence electrons. The molecule has 0 spiro atoms. The van der Waals surface area contributed by atoms with Crippen molar-refractivity contribution in [3.8, 4) is 17.2 Å². The average Bonchev–Trinajstić information content (AvgIpc) is 2.65. The molecule has 0 radical (unpaired) electrons. The van der Waals surface area contributed by atoms with Crippen LogP contribution < -0.4 is 14.6 Å². The highest BCUT2D eigenvalue weighted by atomic mass is 35.5. The number of nitrogens with one attached hydrogen (secondary N) is 1. The number of amides is 1. The van der Waals surface area contributed by atoms with Crippen molar-refractivity contribution in [1.29, 1.82) is 0 Å². The summed E-state index contributed by atoms with van der Waals surface area (Å²) in [5.41, 5.74) is -0.290. The molecule has 0 saturated carbocycles. The molecule has 1 amide bonds. The van der Waals surface area contributed by atoms with Crippen LogP contribution >= 0.6 is 30.8 Å². The van der Waals surface area contributed by atoms with Crippen molar-refractivity contribution in [3.05, 3.63) is 46.5 Å². The van der Waals surface area contributed by atoms with Crippen LogP contribution in [0, 0.1) is 6.92 Å². The lowest BCUT2D eigenvalue weighted by Gasteiger charge is -2.19. The Bertz CT molecular complexity index is 1000. The summed E-state index contributed by atoms with van der Waals surface area (Å²) in [5, 5.41) is 2.24. The van der Waals surface area contributed by atoms with Gasteiger partial charge in [-0.15, -0.1) is 11.6 Å². The maximum absolute atomic E-state index is 12.8. The van der Waals surface area contributed by atoms with Crippen LogP contribution in [0.25, 0.3) is 0 Å². The lowest BCUT2D eigenvalue weighted by molar-refractivity contribution is -0.137. The predicted octanol–water partition coefficient (Wildman–Crippen LogP) is 6.48. The van der Waals surface area contributed by atoms with E-state index < -0.39 is 25.2 Å². The zero-order valence-corrected chi connectivity index (χ0v) is 18.4. The van der Waals surface area contributed by atoms with Crippen LogP contribution in [0.3, 0.4) is 0 Å². The quantitative estimate of drug-likeness (QED) is 0.358. The van der Waals surface area contributed by atoms with E-state index in [1.165, 1.54) is 25.9 Å². The van der Waals surface area contributed by atoms with E-state index >= 15 is 0 Å². The normalized spacial score (nSPS) is 13.5. The molecule has 30 heavy (non-hydrogen) atoms. The first-order valence-corrected chi connectivity index (χ1v) is 11.1. The molecule has 1 N–H and O–H groups in total. The maximum atomic E-state index is 12.8. The Kier molecular flexibility index (Phi) is 7.69. The van der Waals surface area contributed by atoms with E-state index in [-0.39, 0.29) is 33.8 Å². The van der Waals surface area contributed by atoms with Crippen molar-refractivity contribution in [2.45, 2.75) is 13.1 Å². The third-order valence-electron chi connectivity index (χ3n) is 3.75. The Balaban J connectivity index is 2.45. The average molecular weight is 486 g/mol. The van der Waals surface area contributed by atoms with Gasteiger partial charge >= 0.3 is 13.8 Å². The van der Waals surface area contributed by atoms with Crippen LogP contribution in [-0.2, 0) is 20.1 Å². The van der Waals surface area contributed by atoms with Crippen LogP contribution in [-0.4, -0.2) is 25.6 Å². The van der Waals surface area contributed by atoms with Gasteiger partial charge < -0.3 is 19.1 Å². The molecule has 2 rings (SSSR count). The number of carbonyl (C=O) groups excluding carboxylic acids is 1. The Morgan fingerprint density at radius 1 is 1.17 bits per heavy atom. The molecular formula is C18H17Cl2F3NO5P. The predicted molar refractivity (Wildman–Crippen MR) is 108 cm³/mol. The van der Waals surface area contributed by atoms with Crippen molar-refractivity contribution in [2.24, 2.45) is 0 Å². The van der Waals surface area contributed by atoms with E-state index in [0.717, 1.165) is 18.2 Å². The molecule has 0 saturated heterocycles. The molecule has 0 heterocycles. The number of anilines is 1. The molecule has 2 aromatic carbocycles. The van der Waals surface area contributed by atoms with Gasteiger partial charge in [0, 0.05) is 19.8 Å². The van der Waals surface area contributed by atoms with Gasteiger partial charge in [-0.2, -0.15) is 13.2 Å². The van der Waals surface area contributed by atoms with Gasteiger partial charge in [-0.25, -0.2) is 4.57 Å². The zero-order valence-electron chi connectivity index (χ0n) is 16.0. The van der Waals surface area contributed by atoms with Crippen LogP contribution in [0.4, 0.5) is 18.9 Å². The number of rotatable bonds is 7. The van der Waals surface area contributed by atoms with Gasteiger partial charge in [0.2, 0.25) is 5.91 Å². The first-order valence-electron chi connectivity index (χ1n) is 8.24. The smallest absolute Gasteiger partial charge is 0.416 e. The topological polar surface area (TPSA) is 73.9 Å². The fourth-order valence-electron chi connectivity index (χ4n) is 2.23. The molecular weight excluding hydrogens is 469 g/mol. The van der Waals surface area contributed by atoms with E-state index in [1.54, 1.807) is 6.92 Å². The van der Waals surface area contributed by atoms with Crippen molar-refractivity contribution >= 4 is 42.4 Å². The van der Waals surface area contributed by atoms with Gasteiger partial charge in [0.25, 0.3) is 0 Å². The van der Waals surface area contributed by atoms with Crippen LogP contribution in [0.15, 0.2) is 30.3 Å². The molecule has 0 fully saturated rings. The van der Waals surface area contributed by atoms with Gasteiger partial charge in [0.15, 0.2) is 5.75 Å². The number of halogens is 5. The van der Waals surface area contributed by atoms with E-state index in [0.29, 0.717) is 5.56 Å². The second-order valence-electron chi connectivity index (χ2n) is 6.09. The first kappa shape index (κ1) is 24.3. The number of aryl methyl sites for hydroxylation is 1. The molecule has 0 aliphatic carbocycles. The Morgan fingerprint density at radius 3 is 2.37 bits per heavy atom. The fourth-order valence-corrected chi connectivity index (χ4v) is 3.10. The second kappa shape index (κ2) is 9.47. The third-order valence-corrected chi connectivity index (χ3v) is 5.48.